The van der Waals surface area contributed by atoms with Crippen LogP contribution in [-0.2, 0) is 7.05 Å². The van der Waals surface area contributed by atoms with Crippen LogP contribution in [0.25, 0.3) is 5.82 Å². The summed E-state index contributed by atoms with van der Waals surface area (Å²) in [6.45, 7) is 3.15. The Labute approximate surface area is 130 Å². The van der Waals surface area contributed by atoms with Gasteiger partial charge in [-0.25, -0.2) is 0 Å². The molecule has 2 unspecified atom stereocenters. The van der Waals surface area contributed by atoms with Gasteiger partial charge in [0, 0.05) is 38.4 Å². The molecular weight excluding hydrogens is 280 g/mol. The van der Waals surface area contributed by atoms with Crippen LogP contribution in [0.5, 0.6) is 0 Å². The molecule has 118 valence electrons. The van der Waals surface area contributed by atoms with Gasteiger partial charge in [-0.2, -0.15) is 5.10 Å². The van der Waals surface area contributed by atoms with Crippen molar-refractivity contribution in [1.82, 2.24) is 19.2 Å². The van der Waals surface area contributed by atoms with Crippen LogP contribution in [-0.4, -0.2) is 49.5 Å². The van der Waals surface area contributed by atoms with Crippen molar-refractivity contribution < 1.29 is 9.90 Å². The van der Waals surface area contributed by atoms with Crippen LogP contribution in [0.4, 0.5) is 0 Å². The third-order valence-corrected chi connectivity index (χ3v) is 4.41. The molecule has 0 saturated carbocycles. The lowest BCUT2D eigenvalue weighted by Crippen LogP contribution is -2.43. The minimum Gasteiger partial charge on any atom is -0.393 e. The van der Waals surface area contributed by atoms with E-state index in [1.54, 1.807) is 17.8 Å². The van der Waals surface area contributed by atoms with Gasteiger partial charge in [0.05, 0.1) is 12.3 Å². The zero-order valence-corrected chi connectivity index (χ0v) is 13.0. The van der Waals surface area contributed by atoms with Gasteiger partial charge in [-0.15, -0.1) is 0 Å². The van der Waals surface area contributed by atoms with Crippen molar-refractivity contribution in [3.63, 3.8) is 0 Å². The first kappa shape index (κ1) is 14.8. The molecular formula is C16H22N4O2. The molecule has 22 heavy (non-hydrogen) atoms. The Morgan fingerprint density at radius 2 is 2.14 bits per heavy atom. The molecule has 2 atom stereocenters. The summed E-state index contributed by atoms with van der Waals surface area (Å²) in [7, 11) is 1.83. The van der Waals surface area contributed by atoms with E-state index in [-0.39, 0.29) is 17.9 Å². The highest BCUT2D eigenvalue weighted by Crippen LogP contribution is 2.23. The van der Waals surface area contributed by atoms with E-state index in [4.69, 9.17) is 0 Å². The molecule has 1 aliphatic heterocycles. The van der Waals surface area contributed by atoms with Gasteiger partial charge in [0.2, 0.25) is 0 Å². The molecule has 0 bridgehead atoms. The maximum absolute atomic E-state index is 12.9. The molecule has 3 heterocycles. The van der Waals surface area contributed by atoms with Crippen molar-refractivity contribution in [2.75, 3.05) is 13.1 Å². The molecule has 1 aliphatic rings. The van der Waals surface area contributed by atoms with E-state index in [1.807, 2.05) is 41.0 Å². The Morgan fingerprint density at radius 3 is 2.82 bits per heavy atom. The lowest BCUT2D eigenvalue weighted by Gasteiger charge is -2.34. The van der Waals surface area contributed by atoms with Crippen LogP contribution in [0.1, 0.15) is 30.1 Å². The molecule has 1 saturated heterocycles. The Bertz CT molecular complexity index is 645. The number of rotatable bonds is 3. The first-order valence-electron chi connectivity index (χ1n) is 7.70. The van der Waals surface area contributed by atoms with Crippen LogP contribution in [0.3, 0.4) is 0 Å². The van der Waals surface area contributed by atoms with Gasteiger partial charge in [-0.05, 0) is 31.9 Å². The van der Waals surface area contributed by atoms with E-state index in [9.17, 15) is 9.90 Å². The quantitative estimate of drug-likeness (QED) is 0.933. The standard InChI is InChI=1S/C16H22N4O2/c1-12(21)13-6-5-9-20(11-13)16(22)14-10-17-18(2)15(14)19-7-3-4-8-19/h3-4,7-8,10,12-13,21H,5-6,9,11H2,1-2H3. The highest BCUT2D eigenvalue weighted by Gasteiger charge is 2.29. The number of aryl methyl sites for hydroxylation is 1. The van der Waals surface area contributed by atoms with Crippen LogP contribution in [0, 0.1) is 5.92 Å². The maximum atomic E-state index is 12.9. The Balaban J connectivity index is 1.87. The van der Waals surface area contributed by atoms with E-state index >= 15 is 0 Å². The monoisotopic (exact) mass is 302 g/mol. The summed E-state index contributed by atoms with van der Waals surface area (Å²) in [6.07, 6.45) is 6.96. The summed E-state index contributed by atoms with van der Waals surface area (Å²) < 4.78 is 3.61. The van der Waals surface area contributed by atoms with Crippen LogP contribution in [0.2, 0.25) is 0 Å². The van der Waals surface area contributed by atoms with Crippen molar-refractivity contribution in [2.45, 2.75) is 25.9 Å². The summed E-state index contributed by atoms with van der Waals surface area (Å²) >= 11 is 0. The average molecular weight is 302 g/mol. The number of hydrogen-bond donors (Lipinski definition) is 1. The molecule has 2 aromatic heterocycles. The predicted molar refractivity (Wildman–Crippen MR) is 82.8 cm³/mol. The minimum absolute atomic E-state index is 0.0119. The summed E-state index contributed by atoms with van der Waals surface area (Å²) in [5, 5.41) is 14.0. The topological polar surface area (TPSA) is 63.3 Å². The number of nitrogens with zero attached hydrogens (tertiary/aromatic N) is 4. The third-order valence-electron chi connectivity index (χ3n) is 4.41. The van der Waals surface area contributed by atoms with Crippen molar-refractivity contribution in [3.05, 3.63) is 36.3 Å². The third kappa shape index (κ3) is 2.66. The molecule has 1 fully saturated rings. The minimum atomic E-state index is -0.381. The number of amides is 1. The van der Waals surface area contributed by atoms with Gasteiger partial charge in [0.1, 0.15) is 11.4 Å². The number of aromatic nitrogens is 3. The molecule has 3 rings (SSSR count). The van der Waals surface area contributed by atoms with Crippen LogP contribution >= 0.6 is 0 Å². The fraction of sp³-hybridized carbons (Fsp3) is 0.500. The molecule has 2 aromatic rings. The van der Waals surface area contributed by atoms with Gasteiger partial charge < -0.3 is 14.6 Å². The first-order chi connectivity index (χ1) is 10.6. The second kappa shape index (κ2) is 5.96. The summed E-state index contributed by atoms with van der Waals surface area (Å²) in [5.74, 6) is 0.917. The maximum Gasteiger partial charge on any atom is 0.259 e. The highest BCUT2D eigenvalue weighted by atomic mass is 16.3. The van der Waals surface area contributed by atoms with E-state index < -0.39 is 0 Å². The average Bonchev–Trinajstić information content (AvgIpc) is 3.15. The van der Waals surface area contributed by atoms with Crippen molar-refractivity contribution in [3.8, 4) is 5.82 Å². The smallest absolute Gasteiger partial charge is 0.259 e. The molecule has 1 amide bonds. The molecule has 0 aliphatic carbocycles. The van der Waals surface area contributed by atoms with Gasteiger partial charge in [-0.3, -0.25) is 9.48 Å². The largest absolute Gasteiger partial charge is 0.393 e. The van der Waals surface area contributed by atoms with Crippen molar-refractivity contribution in [1.29, 1.82) is 0 Å². The van der Waals surface area contributed by atoms with E-state index in [2.05, 4.69) is 5.10 Å². The molecule has 6 nitrogen and oxygen atoms in total. The SMILES string of the molecule is CC(O)C1CCCN(C(=O)c2cnn(C)c2-n2cccc2)C1. The number of carbonyl (C=O) groups is 1. The number of aliphatic hydroxyl groups is 1. The van der Waals surface area contributed by atoms with Gasteiger partial charge in [0.25, 0.3) is 5.91 Å². The Kier molecular flexibility index (Phi) is 4.02. The van der Waals surface area contributed by atoms with Crippen molar-refractivity contribution >= 4 is 5.91 Å². The Morgan fingerprint density at radius 1 is 1.41 bits per heavy atom. The number of piperidine rings is 1. The van der Waals surface area contributed by atoms with E-state index in [0.29, 0.717) is 12.1 Å². The number of carbonyl (C=O) groups excluding carboxylic acids is 1. The molecule has 0 radical (unpaired) electrons. The fourth-order valence-corrected chi connectivity index (χ4v) is 3.12. The fourth-order valence-electron chi connectivity index (χ4n) is 3.12. The van der Waals surface area contributed by atoms with E-state index in [1.165, 1.54) is 0 Å². The lowest BCUT2D eigenvalue weighted by molar-refractivity contribution is 0.0466. The molecule has 1 N–H and O–H groups in total. The van der Waals surface area contributed by atoms with Crippen molar-refractivity contribution in [2.24, 2.45) is 13.0 Å². The normalized spacial score (nSPS) is 20.1. The zero-order chi connectivity index (χ0) is 15.7. The molecule has 0 spiro atoms. The van der Waals surface area contributed by atoms with E-state index in [0.717, 1.165) is 25.2 Å². The predicted octanol–water partition coefficient (Wildman–Crippen LogP) is 1.44. The summed E-state index contributed by atoms with van der Waals surface area (Å²) in [4.78, 5) is 14.7. The van der Waals surface area contributed by atoms with Gasteiger partial charge in [-0.1, -0.05) is 0 Å². The van der Waals surface area contributed by atoms with Crippen LogP contribution in [0.15, 0.2) is 30.7 Å². The first-order valence-corrected chi connectivity index (χ1v) is 7.70. The van der Waals surface area contributed by atoms with Gasteiger partial charge >= 0.3 is 0 Å². The highest BCUT2D eigenvalue weighted by molar-refractivity contribution is 5.97. The second-order valence-corrected chi connectivity index (χ2v) is 5.99. The number of aliphatic hydroxyl groups excluding tert-OH is 1. The molecule has 0 aromatic carbocycles. The summed E-state index contributed by atoms with van der Waals surface area (Å²) in [5.41, 5.74) is 0.602. The lowest BCUT2D eigenvalue weighted by atomic mass is 9.93. The van der Waals surface area contributed by atoms with Crippen LogP contribution < -0.4 is 0 Å². The second-order valence-electron chi connectivity index (χ2n) is 5.99. The molecule has 6 heteroatoms. The van der Waals surface area contributed by atoms with Gasteiger partial charge in [0.15, 0.2) is 0 Å². The zero-order valence-electron chi connectivity index (χ0n) is 13.0. The number of hydrogen-bond acceptors (Lipinski definition) is 3. The Hall–Kier alpha value is -2.08. The number of likely N-dealkylation sites (tertiary alicyclic amines) is 1. The summed E-state index contributed by atoms with van der Waals surface area (Å²) in [6, 6.07) is 3.84.